The molecule has 1 N–H and O–H groups in total. The van der Waals surface area contributed by atoms with Crippen LogP contribution in [0.3, 0.4) is 0 Å². The molecule has 24 heavy (non-hydrogen) atoms. The smallest absolute Gasteiger partial charge is 0.411 e. The fraction of sp³-hybridized carbons (Fsp3) is 0.438. The van der Waals surface area contributed by atoms with E-state index in [4.69, 9.17) is 4.74 Å². The highest BCUT2D eigenvalue weighted by Gasteiger charge is 2.28. The summed E-state index contributed by atoms with van der Waals surface area (Å²) in [6, 6.07) is 4.30. The molecular weight excluding hydrogens is 310 g/mol. The fourth-order valence-corrected chi connectivity index (χ4v) is 1.96. The highest BCUT2D eigenvalue weighted by Crippen LogP contribution is 2.22. The number of hydrogen-bond donors (Lipinski definition) is 1. The van der Waals surface area contributed by atoms with Crippen LogP contribution in [0.5, 0.6) is 5.88 Å². The first-order chi connectivity index (χ1) is 11.3. The third-order valence-corrected chi connectivity index (χ3v) is 3.09. The SMILES string of the molecule is C[C@@H](c1ncccn1)N(Cc1ccc(O)nn1)C(=O)OC(C)(C)C. The Bertz CT molecular complexity index is 670. The van der Waals surface area contributed by atoms with Crippen LogP contribution in [-0.2, 0) is 11.3 Å². The molecule has 0 aliphatic carbocycles. The molecule has 8 heteroatoms. The average Bonchev–Trinajstić information content (AvgIpc) is 2.53. The van der Waals surface area contributed by atoms with Gasteiger partial charge in [0.1, 0.15) is 5.60 Å². The molecule has 1 atom stereocenters. The molecule has 1 amide bonds. The van der Waals surface area contributed by atoms with Crippen molar-refractivity contribution in [2.75, 3.05) is 0 Å². The summed E-state index contributed by atoms with van der Waals surface area (Å²) in [5.74, 6) is 0.317. The van der Waals surface area contributed by atoms with E-state index in [0.717, 1.165) is 0 Å². The number of hydrogen-bond acceptors (Lipinski definition) is 7. The Morgan fingerprint density at radius 2 is 1.92 bits per heavy atom. The topological polar surface area (TPSA) is 101 Å². The first kappa shape index (κ1) is 17.6. The molecule has 0 saturated heterocycles. The molecule has 0 fully saturated rings. The van der Waals surface area contributed by atoms with Crippen molar-refractivity contribution >= 4 is 6.09 Å². The van der Waals surface area contributed by atoms with Crippen molar-refractivity contribution in [1.29, 1.82) is 0 Å². The third-order valence-electron chi connectivity index (χ3n) is 3.09. The molecule has 0 aliphatic rings. The molecule has 8 nitrogen and oxygen atoms in total. The Kier molecular flexibility index (Phi) is 5.28. The summed E-state index contributed by atoms with van der Waals surface area (Å²) < 4.78 is 5.47. The Hall–Kier alpha value is -2.77. The fourth-order valence-electron chi connectivity index (χ4n) is 1.96. The molecule has 128 valence electrons. The maximum atomic E-state index is 12.6. The van der Waals surface area contributed by atoms with E-state index in [-0.39, 0.29) is 12.4 Å². The zero-order chi connectivity index (χ0) is 17.7. The van der Waals surface area contributed by atoms with Gasteiger partial charge in [-0.15, -0.1) is 5.10 Å². The lowest BCUT2D eigenvalue weighted by molar-refractivity contribution is 0.0141. The molecule has 0 aliphatic heterocycles. The molecule has 0 bridgehead atoms. The van der Waals surface area contributed by atoms with E-state index in [1.165, 1.54) is 11.0 Å². The Morgan fingerprint density at radius 3 is 2.46 bits per heavy atom. The number of carbonyl (C=O) groups is 1. The highest BCUT2D eigenvalue weighted by molar-refractivity contribution is 5.68. The number of ether oxygens (including phenoxy) is 1. The van der Waals surface area contributed by atoms with Gasteiger partial charge in [-0.3, -0.25) is 4.90 Å². The Morgan fingerprint density at radius 1 is 1.25 bits per heavy atom. The van der Waals surface area contributed by atoms with Gasteiger partial charge < -0.3 is 9.84 Å². The van der Waals surface area contributed by atoms with E-state index in [1.54, 1.807) is 45.3 Å². The quantitative estimate of drug-likeness (QED) is 0.918. The molecule has 2 heterocycles. The molecule has 0 radical (unpaired) electrons. The van der Waals surface area contributed by atoms with E-state index in [9.17, 15) is 9.90 Å². The van der Waals surface area contributed by atoms with E-state index in [2.05, 4.69) is 20.2 Å². The zero-order valence-electron chi connectivity index (χ0n) is 14.2. The minimum Gasteiger partial charge on any atom is -0.492 e. The summed E-state index contributed by atoms with van der Waals surface area (Å²) in [5, 5.41) is 16.7. The predicted octanol–water partition coefficient (Wildman–Crippen LogP) is 2.47. The van der Waals surface area contributed by atoms with Crippen LogP contribution in [0.4, 0.5) is 4.79 Å². The van der Waals surface area contributed by atoms with Crippen LogP contribution < -0.4 is 0 Å². The maximum Gasteiger partial charge on any atom is 0.411 e. The summed E-state index contributed by atoms with van der Waals surface area (Å²) >= 11 is 0. The second-order valence-corrected chi connectivity index (χ2v) is 6.27. The maximum absolute atomic E-state index is 12.6. The summed E-state index contributed by atoms with van der Waals surface area (Å²) in [6.07, 6.45) is 2.73. The van der Waals surface area contributed by atoms with Crippen LogP contribution in [0.2, 0.25) is 0 Å². The third kappa shape index (κ3) is 4.87. The second kappa shape index (κ2) is 7.20. The first-order valence-corrected chi connectivity index (χ1v) is 7.54. The van der Waals surface area contributed by atoms with Gasteiger partial charge >= 0.3 is 6.09 Å². The number of aromatic nitrogens is 4. The minimum atomic E-state index is -0.632. The molecular formula is C16H21N5O3. The van der Waals surface area contributed by atoms with Gasteiger partial charge in [0.25, 0.3) is 0 Å². The van der Waals surface area contributed by atoms with Crippen molar-refractivity contribution in [1.82, 2.24) is 25.1 Å². The largest absolute Gasteiger partial charge is 0.492 e. The lowest BCUT2D eigenvalue weighted by Gasteiger charge is -2.30. The van der Waals surface area contributed by atoms with Crippen LogP contribution in [0, 0.1) is 0 Å². The normalized spacial score (nSPS) is 12.5. The monoisotopic (exact) mass is 331 g/mol. The molecule has 2 rings (SSSR count). The van der Waals surface area contributed by atoms with Crippen LogP contribution in [-0.4, -0.2) is 41.9 Å². The molecule has 2 aromatic rings. The Balaban J connectivity index is 2.26. The molecule has 0 aromatic carbocycles. The zero-order valence-corrected chi connectivity index (χ0v) is 14.2. The van der Waals surface area contributed by atoms with Crippen molar-refractivity contribution in [3.05, 3.63) is 42.1 Å². The van der Waals surface area contributed by atoms with E-state index in [1.807, 2.05) is 6.92 Å². The first-order valence-electron chi connectivity index (χ1n) is 7.54. The second-order valence-electron chi connectivity index (χ2n) is 6.27. The average molecular weight is 331 g/mol. The van der Waals surface area contributed by atoms with Crippen molar-refractivity contribution in [2.45, 2.75) is 45.9 Å². The lowest BCUT2D eigenvalue weighted by Crippen LogP contribution is -2.38. The summed E-state index contributed by atoms with van der Waals surface area (Å²) in [6.45, 7) is 7.36. The van der Waals surface area contributed by atoms with E-state index < -0.39 is 17.7 Å². The molecule has 0 spiro atoms. The number of carbonyl (C=O) groups excluding carboxylic acids is 1. The van der Waals surface area contributed by atoms with Crippen LogP contribution in [0.25, 0.3) is 0 Å². The minimum absolute atomic E-state index is 0.154. The molecule has 0 unspecified atom stereocenters. The van der Waals surface area contributed by atoms with Gasteiger partial charge in [-0.25, -0.2) is 14.8 Å². The van der Waals surface area contributed by atoms with E-state index >= 15 is 0 Å². The standard InChI is InChI=1S/C16H21N5O3/c1-11(14-17-8-5-9-18-14)21(15(23)24-16(2,3)4)10-12-6-7-13(22)20-19-12/h5-9,11H,10H2,1-4H3,(H,20,22)/t11-/m0/s1. The van der Waals surface area contributed by atoms with Gasteiger partial charge in [-0.2, -0.15) is 5.10 Å². The summed E-state index contributed by atoms with van der Waals surface area (Å²) in [4.78, 5) is 22.5. The lowest BCUT2D eigenvalue weighted by atomic mass is 10.2. The van der Waals surface area contributed by atoms with Gasteiger partial charge in [-0.05, 0) is 39.8 Å². The van der Waals surface area contributed by atoms with Crippen molar-refractivity contribution in [2.24, 2.45) is 0 Å². The van der Waals surface area contributed by atoms with E-state index in [0.29, 0.717) is 11.5 Å². The van der Waals surface area contributed by atoms with Gasteiger partial charge in [0.2, 0.25) is 5.88 Å². The van der Waals surface area contributed by atoms with Crippen LogP contribution >= 0.6 is 0 Å². The molecule has 0 saturated carbocycles. The number of amides is 1. The highest BCUT2D eigenvalue weighted by atomic mass is 16.6. The van der Waals surface area contributed by atoms with Gasteiger partial charge in [0.05, 0.1) is 18.3 Å². The Labute approximate surface area is 140 Å². The van der Waals surface area contributed by atoms with Crippen molar-refractivity contribution in [3.8, 4) is 5.88 Å². The summed E-state index contributed by atoms with van der Waals surface area (Å²) in [5.41, 5.74) is -0.116. The van der Waals surface area contributed by atoms with Gasteiger partial charge in [0, 0.05) is 18.5 Å². The van der Waals surface area contributed by atoms with Crippen molar-refractivity contribution < 1.29 is 14.6 Å². The van der Waals surface area contributed by atoms with Gasteiger partial charge in [0.15, 0.2) is 5.82 Å². The summed E-state index contributed by atoms with van der Waals surface area (Å²) in [7, 11) is 0. The number of nitrogens with zero attached hydrogens (tertiary/aromatic N) is 5. The number of rotatable bonds is 4. The number of aromatic hydroxyl groups is 1. The van der Waals surface area contributed by atoms with Crippen molar-refractivity contribution in [3.63, 3.8) is 0 Å². The van der Waals surface area contributed by atoms with Crippen LogP contribution in [0.1, 0.15) is 45.3 Å². The molecule has 2 aromatic heterocycles. The van der Waals surface area contributed by atoms with Gasteiger partial charge in [-0.1, -0.05) is 0 Å². The van der Waals surface area contributed by atoms with Crippen LogP contribution in [0.15, 0.2) is 30.6 Å². The predicted molar refractivity (Wildman–Crippen MR) is 85.9 cm³/mol.